The SMILES string of the molecule is CO[C@@H]1OC[C@H](O)[C@@H](O)[C@H](O)[C@H]1O. The quantitative estimate of drug-likeness (QED) is 0.366. The van der Waals surface area contributed by atoms with Crippen molar-refractivity contribution in [3.63, 3.8) is 0 Å². The van der Waals surface area contributed by atoms with Crippen LogP contribution in [0.5, 0.6) is 0 Å². The second-order valence-corrected chi connectivity index (χ2v) is 2.98. The van der Waals surface area contributed by atoms with Gasteiger partial charge in [0.15, 0.2) is 6.29 Å². The largest absolute Gasteiger partial charge is 0.388 e. The maximum atomic E-state index is 9.33. The summed E-state index contributed by atoms with van der Waals surface area (Å²) < 4.78 is 9.57. The summed E-state index contributed by atoms with van der Waals surface area (Å²) in [5, 5.41) is 37.0. The van der Waals surface area contributed by atoms with Gasteiger partial charge in [-0.3, -0.25) is 0 Å². The maximum absolute atomic E-state index is 9.33. The number of ether oxygens (including phenoxy) is 2. The molecule has 0 unspecified atom stereocenters. The minimum atomic E-state index is -1.47. The summed E-state index contributed by atoms with van der Waals surface area (Å²) in [6, 6.07) is 0. The lowest BCUT2D eigenvalue weighted by atomic mass is 10.0. The molecule has 6 heteroatoms. The normalized spacial score (nSPS) is 47.3. The van der Waals surface area contributed by atoms with Gasteiger partial charge in [0.25, 0.3) is 0 Å². The Balaban J connectivity index is 2.69. The van der Waals surface area contributed by atoms with Gasteiger partial charge in [-0.05, 0) is 0 Å². The van der Waals surface area contributed by atoms with Crippen molar-refractivity contribution in [2.45, 2.75) is 30.7 Å². The fourth-order valence-electron chi connectivity index (χ4n) is 1.19. The van der Waals surface area contributed by atoms with Crippen molar-refractivity contribution >= 4 is 0 Å². The molecule has 1 aliphatic heterocycles. The first-order valence-electron chi connectivity index (χ1n) is 3.94. The van der Waals surface area contributed by atoms with Gasteiger partial charge in [-0.25, -0.2) is 0 Å². The fraction of sp³-hybridized carbons (Fsp3) is 1.00. The van der Waals surface area contributed by atoms with Gasteiger partial charge in [-0.2, -0.15) is 0 Å². The second kappa shape index (κ2) is 4.32. The fourth-order valence-corrected chi connectivity index (χ4v) is 1.19. The third kappa shape index (κ3) is 2.16. The molecule has 4 N–H and O–H groups in total. The number of hydrogen-bond acceptors (Lipinski definition) is 6. The molecule has 0 aromatic carbocycles. The van der Waals surface area contributed by atoms with E-state index in [0.29, 0.717) is 0 Å². The van der Waals surface area contributed by atoms with Crippen LogP contribution in [0.25, 0.3) is 0 Å². The summed E-state index contributed by atoms with van der Waals surface area (Å²) in [5.41, 5.74) is 0. The Bertz CT molecular complexity index is 161. The topological polar surface area (TPSA) is 99.4 Å². The lowest BCUT2D eigenvalue weighted by molar-refractivity contribution is -0.196. The van der Waals surface area contributed by atoms with Gasteiger partial charge in [0.2, 0.25) is 0 Å². The molecule has 1 rings (SSSR count). The van der Waals surface area contributed by atoms with Crippen molar-refractivity contribution < 1.29 is 29.9 Å². The highest BCUT2D eigenvalue weighted by atomic mass is 16.7. The van der Waals surface area contributed by atoms with Gasteiger partial charge in [-0.1, -0.05) is 0 Å². The van der Waals surface area contributed by atoms with E-state index in [9.17, 15) is 15.3 Å². The number of hydrogen-bond donors (Lipinski definition) is 4. The molecule has 13 heavy (non-hydrogen) atoms. The lowest BCUT2D eigenvalue weighted by Gasteiger charge is -2.23. The molecule has 0 radical (unpaired) electrons. The van der Waals surface area contributed by atoms with Crippen LogP contribution >= 0.6 is 0 Å². The van der Waals surface area contributed by atoms with Crippen molar-refractivity contribution in [2.24, 2.45) is 0 Å². The van der Waals surface area contributed by atoms with E-state index in [1.54, 1.807) is 0 Å². The summed E-state index contributed by atoms with van der Waals surface area (Å²) in [6.45, 7) is -0.187. The number of aliphatic hydroxyl groups excluding tert-OH is 4. The maximum Gasteiger partial charge on any atom is 0.185 e. The van der Waals surface area contributed by atoms with Crippen LogP contribution in [-0.4, -0.2) is 64.8 Å². The third-order valence-electron chi connectivity index (χ3n) is 2.04. The zero-order chi connectivity index (χ0) is 10.0. The Morgan fingerprint density at radius 2 is 1.69 bits per heavy atom. The Kier molecular flexibility index (Phi) is 3.60. The highest BCUT2D eigenvalue weighted by Crippen LogP contribution is 2.16. The van der Waals surface area contributed by atoms with E-state index in [4.69, 9.17) is 14.6 Å². The van der Waals surface area contributed by atoms with E-state index in [0.717, 1.165) is 0 Å². The summed E-state index contributed by atoms with van der Waals surface area (Å²) >= 11 is 0. The van der Waals surface area contributed by atoms with Crippen LogP contribution in [-0.2, 0) is 9.47 Å². The van der Waals surface area contributed by atoms with Gasteiger partial charge >= 0.3 is 0 Å². The molecule has 0 spiro atoms. The predicted molar refractivity (Wildman–Crippen MR) is 40.8 cm³/mol. The smallest absolute Gasteiger partial charge is 0.185 e. The van der Waals surface area contributed by atoms with Crippen molar-refractivity contribution in [1.82, 2.24) is 0 Å². The average Bonchev–Trinajstić information content (AvgIpc) is 2.22. The Labute approximate surface area is 75.3 Å². The van der Waals surface area contributed by atoms with E-state index in [1.807, 2.05) is 0 Å². The summed E-state index contributed by atoms with van der Waals surface area (Å²) in [7, 11) is 1.30. The minimum absolute atomic E-state index is 0.187. The molecular formula is C7H14O6. The molecule has 0 aromatic heterocycles. The standard InChI is InChI=1S/C7H14O6/c1-12-7-6(11)5(10)4(9)3(8)2-13-7/h3-11H,2H2,1H3/t3-,4+,5-,6+,7+/m0/s1. The van der Waals surface area contributed by atoms with Crippen LogP contribution in [0.15, 0.2) is 0 Å². The average molecular weight is 194 g/mol. The highest BCUT2D eigenvalue weighted by molar-refractivity contribution is 4.85. The lowest BCUT2D eigenvalue weighted by Crippen LogP contribution is -2.46. The van der Waals surface area contributed by atoms with Crippen molar-refractivity contribution in [1.29, 1.82) is 0 Å². The van der Waals surface area contributed by atoms with Gasteiger partial charge in [0.05, 0.1) is 6.61 Å². The first-order valence-corrected chi connectivity index (χ1v) is 3.94. The van der Waals surface area contributed by atoms with Crippen molar-refractivity contribution in [2.75, 3.05) is 13.7 Å². The molecule has 1 aliphatic rings. The van der Waals surface area contributed by atoms with Crippen molar-refractivity contribution in [3.8, 4) is 0 Å². The van der Waals surface area contributed by atoms with E-state index < -0.39 is 30.7 Å². The van der Waals surface area contributed by atoms with Crippen LogP contribution in [0.4, 0.5) is 0 Å². The molecule has 5 atom stereocenters. The Morgan fingerprint density at radius 3 is 2.23 bits per heavy atom. The van der Waals surface area contributed by atoms with Crippen LogP contribution in [0.3, 0.4) is 0 Å². The Hall–Kier alpha value is -0.240. The molecule has 0 aliphatic carbocycles. The number of methoxy groups -OCH3 is 1. The van der Waals surface area contributed by atoms with Crippen LogP contribution < -0.4 is 0 Å². The van der Waals surface area contributed by atoms with Crippen LogP contribution in [0.1, 0.15) is 0 Å². The summed E-state index contributed by atoms with van der Waals surface area (Å²) in [5.74, 6) is 0. The predicted octanol–water partition coefficient (Wildman–Crippen LogP) is -2.57. The minimum Gasteiger partial charge on any atom is -0.388 e. The first kappa shape index (κ1) is 10.8. The third-order valence-corrected chi connectivity index (χ3v) is 2.04. The van der Waals surface area contributed by atoms with Gasteiger partial charge in [-0.15, -0.1) is 0 Å². The molecular weight excluding hydrogens is 180 g/mol. The first-order chi connectivity index (χ1) is 6.07. The number of aliphatic hydroxyl groups is 4. The molecule has 78 valence electrons. The highest BCUT2D eigenvalue weighted by Gasteiger charge is 2.39. The van der Waals surface area contributed by atoms with E-state index in [2.05, 4.69) is 0 Å². The summed E-state index contributed by atoms with van der Waals surface area (Å²) in [6.07, 6.45) is -6.50. The summed E-state index contributed by atoms with van der Waals surface area (Å²) in [4.78, 5) is 0. The second-order valence-electron chi connectivity index (χ2n) is 2.98. The molecule has 1 saturated heterocycles. The van der Waals surface area contributed by atoms with Gasteiger partial charge in [0, 0.05) is 7.11 Å². The van der Waals surface area contributed by atoms with E-state index in [-0.39, 0.29) is 6.61 Å². The van der Waals surface area contributed by atoms with Gasteiger partial charge in [0.1, 0.15) is 24.4 Å². The molecule has 0 amide bonds. The van der Waals surface area contributed by atoms with Gasteiger partial charge < -0.3 is 29.9 Å². The van der Waals surface area contributed by atoms with Crippen LogP contribution in [0, 0.1) is 0 Å². The molecule has 1 heterocycles. The molecule has 1 fully saturated rings. The van der Waals surface area contributed by atoms with E-state index >= 15 is 0 Å². The van der Waals surface area contributed by atoms with Crippen molar-refractivity contribution in [3.05, 3.63) is 0 Å². The van der Waals surface area contributed by atoms with Crippen LogP contribution in [0.2, 0.25) is 0 Å². The molecule has 6 nitrogen and oxygen atoms in total. The zero-order valence-corrected chi connectivity index (χ0v) is 7.20. The molecule has 0 aromatic rings. The Morgan fingerprint density at radius 1 is 1.08 bits per heavy atom. The monoisotopic (exact) mass is 194 g/mol. The zero-order valence-electron chi connectivity index (χ0n) is 7.20. The molecule has 0 bridgehead atoms. The number of rotatable bonds is 1. The molecule has 0 saturated carbocycles. The van der Waals surface area contributed by atoms with E-state index in [1.165, 1.54) is 7.11 Å².